The Labute approximate surface area is 168 Å². The highest BCUT2D eigenvalue weighted by molar-refractivity contribution is 6.74. The Morgan fingerprint density at radius 1 is 1.18 bits per heavy atom. The number of hydrogen-bond acceptors (Lipinski definition) is 8. The lowest BCUT2D eigenvalue weighted by molar-refractivity contribution is -0.221. The maximum absolute atomic E-state index is 12.7. The standard InChI is InChI=1S/C19H36O8Si/c1-17(2,3)28(8,9)27-15-14-13(25-18(4,5)26-14)12(24-11-22-6)10-19(15,21)16(20)23-7/h12-15,21H,10-11H2,1-9H3/t12-,13-,14-,15+,19-/m1/s1. The van der Waals surface area contributed by atoms with Crippen LogP contribution in [0.3, 0.4) is 0 Å². The van der Waals surface area contributed by atoms with Crippen molar-refractivity contribution in [2.75, 3.05) is 21.0 Å². The molecule has 0 bridgehead atoms. The first-order valence-electron chi connectivity index (χ1n) is 9.63. The molecule has 28 heavy (non-hydrogen) atoms. The van der Waals surface area contributed by atoms with Crippen molar-refractivity contribution in [1.29, 1.82) is 0 Å². The SMILES string of the molecule is COCO[C@@H]1C[C@](O)(C(=O)OC)[C@@H](O[Si](C)(C)C(C)(C)C)[C@@H]2OC(C)(C)O[C@@H]21. The summed E-state index contributed by atoms with van der Waals surface area (Å²) in [5.74, 6) is -1.67. The molecule has 2 aliphatic rings. The topological polar surface area (TPSA) is 92.7 Å². The van der Waals surface area contributed by atoms with Crippen molar-refractivity contribution < 1.29 is 38.0 Å². The van der Waals surface area contributed by atoms with Gasteiger partial charge in [0.1, 0.15) is 25.1 Å². The van der Waals surface area contributed by atoms with E-state index in [4.69, 9.17) is 28.1 Å². The second-order valence-electron chi connectivity index (χ2n) is 9.60. The Balaban J connectivity index is 2.47. The van der Waals surface area contributed by atoms with Crippen LogP contribution in [0.1, 0.15) is 41.0 Å². The van der Waals surface area contributed by atoms with E-state index in [0.29, 0.717) is 0 Å². The Morgan fingerprint density at radius 2 is 1.75 bits per heavy atom. The van der Waals surface area contributed by atoms with Crippen LogP contribution >= 0.6 is 0 Å². The van der Waals surface area contributed by atoms with Crippen LogP contribution in [0.5, 0.6) is 0 Å². The van der Waals surface area contributed by atoms with E-state index in [0.717, 1.165) is 0 Å². The van der Waals surface area contributed by atoms with E-state index in [9.17, 15) is 9.90 Å². The Kier molecular flexibility index (Phi) is 6.73. The number of fused-ring (bicyclic) bond motifs is 1. The van der Waals surface area contributed by atoms with Gasteiger partial charge in [0, 0.05) is 13.5 Å². The van der Waals surface area contributed by atoms with Gasteiger partial charge in [0.05, 0.1) is 13.2 Å². The van der Waals surface area contributed by atoms with Crippen LogP contribution < -0.4 is 0 Å². The molecule has 1 aliphatic carbocycles. The molecule has 0 aromatic carbocycles. The third-order valence-electron chi connectivity index (χ3n) is 5.98. The average molecular weight is 421 g/mol. The number of hydrogen-bond donors (Lipinski definition) is 1. The number of ether oxygens (including phenoxy) is 5. The Morgan fingerprint density at radius 3 is 2.25 bits per heavy atom. The van der Waals surface area contributed by atoms with E-state index >= 15 is 0 Å². The van der Waals surface area contributed by atoms with Gasteiger partial charge in [0.15, 0.2) is 19.7 Å². The zero-order valence-electron chi connectivity index (χ0n) is 18.5. The number of carbonyl (C=O) groups excluding carboxylic acids is 1. The largest absolute Gasteiger partial charge is 0.467 e. The average Bonchev–Trinajstić information content (AvgIpc) is 2.89. The Bertz CT molecular complexity index is 573. The predicted molar refractivity (Wildman–Crippen MR) is 104 cm³/mol. The van der Waals surface area contributed by atoms with Gasteiger partial charge in [-0.3, -0.25) is 0 Å². The van der Waals surface area contributed by atoms with Crippen LogP contribution in [0.25, 0.3) is 0 Å². The fourth-order valence-corrected chi connectivity index (χ4v) is 4.81. The first kappa shape index (κ1) is 23.7. The molecule has 2 fully saturated rings. The zero-order chi connectivity index (χ0) is 21.5. The number of rotatable bonds is 6. The minimum Gasteiger partial charge on any atom is -0.467 e. The fraction of sp³-hybridized carbons (Fsp3) is 0.947. The van der Waals surface area contributed by atoms with E-state index in [-0.39, 0.29) is 18.3 Å². The van der Waals surface area contributed by atoms with Crippen LogP contribution in [-0.4, -0.2) is 76.2 Å². The van der Waals surface area contributed by atoms with Crippen molar-refractivity contribution >= 4 is 14.3 Å². The zero-order valence-corrected chi connectivity index (χ0v) is 19.5. The number of methoxy groups -OCH3 is 2. The molecule has 5 atom stereocenters. The van der Waals surface area contributed by atoms with Gasteiger partial charge in [-0.15, -0.1) is 0 Å². The summed E-state index contributed by atoms with van der Waals surface area (Å²) in [6.07, 6.45) is -2.79. The summed E-state index contributed by atoms with van der Waals surface area (Å²) >= 11 is 0. The van der Waals surface area contributed by atoms with Crippen molar-refractivity contribution in [3.05, 3.63) is 0 Å². The molecule has 0 amide bonds. The summed E-state index contributed by atoms with van der Waals surface area (Å²) in [4.78, 5) is 12.7. The van der Waals surface area contributed by atoms with Crippen LogP contribution in [0.15, 0.2) is 0 Å². The van der Waals surface area contributed by atoms with Crippen molar-refractivity contribution in [2.45, 2.75) is 95.0 Å². The molecular weight excluding hydrogens is 384 g/mol. The lowest BCUT2D eigenvalue weighted by Gasteiger charge is -2.49. The first-order valence-corrected chi connectivity index (χ1v) is 12.5. The van der Waals surface area contributed by atoms with Gasteiger partial charge >= 0.3 is 5.97 Å². The highest BCUT2D eigenvalue weighted by atomic mass is 28.4. The third-order valence-corrected chi connectivity index (χ3v) is 10.4. The van der Waals surface area contributed by atoms with Gasteiger partial charge < -0.3 is 33.2 Å². The summed E-state index contributed by atoms with van der Waals surface area (Å²) in [5, 5.41) is 11.4. The minimum absolute atomic E-state index is 0.00266. The Hall–Kier alpha value is -0.553. The monoisotopic (exact) mass is 420 g/mol. The van der Waals surface area contributed by atoms with Crippen molar-refractivity contribution in [1.82, 2.24) is 0 Å². The lowest BCUT2D eigenvalue weighted by Crippen LogP contribution is -2.68. The third kappa shape index (κ3) is 4.45. The summed E-state index contributed by atoms with van der Waals surface area (Å²) in [5.41, 5.74) is -1.92. The number of carbonyl (C=O) groups is 1. The summed E-state index contributed by atoms with van der Waals surface area (Å²) < 4.78 is 34.4. The number of aliphatic hydroxyl groups is 1. The predicted octanol–water partition coefficient (Wildman–Crippen LogP) is 2.19. The number of esters is 1. The normalized spacial score (nSPS) is 35.5. The summed E-state index contributed by atoms with van der Waals surface area (Å²) in [7, 11) is 0.391. The van der Waals surface area contributed by atoms with E-state index < -0.39 is 50.1 Å². The second kappa shape index (κ2) is 7.94. The van der Waals surface area contributed by atoms with Crippen LogP contribution in [0, 0.1) is 0 Å². The van der Waals surface area contributed by atoms with Crippen LogP contribution in [-0.2, 0) is 32.9 Å². The van der Waals surface area contributed by atoms with Crippen molar-refractivity contribution in [3.63, 3.8) is 0 Å². The lowest BCUT2D eigenvalue weighted by atomic mass is 9.77. The molecule has 0 aromatic heterocycles. The quantitative estimate of drug-likeness (QED) is 0.397. The molecule has 1 saturated carbocycles. The molecule has 1 N–H and O–H groups in total. The van der Waals surface area contributed by atoms with Crippen molar-refractivity contribution in [2.24, 2.45) is 0 Å². The van der Waals surface area contributed by atoms with E-state index in [1.807, 2.05) is 0 Å². The van der Waals surface area contributed by atoms with Gasteiger partial charge in [-0.25, -0.2) is 4.79 Å². The van der Waals surface area contributed by atoms with Gasteiger partial charge in [-0.05, 0) is 32.0 Å². The molecule has 2 rings (SSSR count). The molecule has 1 aliphatic heterocycles. The first-order chi connectivity index (χ1) is 12.7. The minimum atomic E-state index is -2.36. The highest BCUT2D eigenvalue weighted by Gasteiger charge is 2.65. The maximum atomic E-state index is 12.7. The second-order valence-corrected chi connectivity index (χ2v) is 14.4. The van der Waals surface area contributed by atoms with Gasteiger partial charge in [-0.2, -0.15) is 0 Å². The molecule has 1 saturated heterocycles. The molecule has 0 aromatic rings. The maximum Gasteiger partial charge on any atom is 0.340 e. The molecule has 0 unspecified atom stereocenters. The summed E-state index contributed by atoms with van der Waals surface area (Å²) in [6, 6.07) is 0. The molecule has 1 heterocycles. The van der Waals surface area contributed by atoms with Crippen LogP contribution in [0.2, 0.25) is 18.1 Å². The molecule has 0 spiro atoms. The molecule has 0 radical (unpaired) electrons. The molecule has 164 valence electrons. The van der Waals surface area contributed by atoms with Crippen LogP contribution in [0.4, 0.5) is 0 Å². The van der Waals surface area contributed by atoms with E-state index in [1.165, 1.54) is 14.2 Å². The smallest absolute Gasteiger partial charge is 0.340 e. The van der Waals surface area contributed by atoms with Gasteiger partial charge in [0.25, 0.3) is 0 Å². The molecule has 8 nitrogen and oxygen atoms in total. The van der Waals surface area contributed by atoms with Gasteiger partial charge in [-0.1, -0.05) is 20.8 Å². The van der Waals surface area contributed by atoms with Gasteiger partial charge in [0.2, 0.25) is 0 Å². The van der Waals surface area contributed by atoms with E-state index in [2.05, 4.69) is 33.9 Å². The fourth-order valence-electron chi connectivity index (χ4n) is 3.49. The summed E-state index contributed by atoms with van der Waals surface area (Å²) in [6.45, 7) is 14.0. The van der Waals surface area contributed by atoms with E-state index in [1.54, 1.807) is 13.8 Å². The molecule has 9 heteroatoms. The highest BCUT2D eigenvalue weighted by Crippen LogP contribution is 2.47. The van der Waals surface area contributed by atoms with Crippen molar-refractivity contribution in [3.8, 4) is 0 Å². The molecular formula is C19H36O8Si.